The Hall–Kier alpha value is -1.05. The molecular formula is C13H18FN. The van der Waals surface area contributed by atoms with Crippen LogP contribution < -0.4 is 5.32 Å². The Bertz CT molecular complexity index is 348. The molecule has 1 saturated carbocycles. The summed E-state index contributed by atoms with van der Waals surface area (Å²) in [6, 6.07) is 5.76. The largest absolute Gasteiger partial charge is 0.382 e. The number of rotatable bonds is 2. The zero-order chi connectivity index (χ0) is 10.8. The van der Waals surface area contributed by atoms with Crippen LogP contribution in [0, 0.1) is 18.7 Å². The van der Waals surface area contributed by atoms with E-state index in [1.54, 1.807) is 6.07 Å². The number of halogens is 1. The zero-order valence-corrected chi connectivity index (χ0v) is 9.39. The molecule has 15 heavy (non-hydrogen) atoms. The summed E-state index contributed by atoms with van der Waals surface area (Å²) in [4.78, 5) is 0. The standard InChI is InChI=1S/C13H18FN/c1-9-5-3-7-12(9)15-13-8-4-6-11(14)10(13)2/h4,6,8-9,12,15H,3,5,7H2,1-2H3. The van der Waals surface area contributed by atoms with E-state index in [0.29, 0.717) is 12.0 Å². The van der Waals surface area contributed by atoms with Crippen molar-refractivity contribution >= 4 is 5.69 Å². The molecule has 2 heteroatoms. The van der Waals surface area contributed by atoms with E-state index >= 15 is 0 Å². The maximum atomic E-state index is 13.3. The number of hydrogen-bond acceptors (Lipinski definition) is 1. The molecule has 1 aromatic carbocycles. The molecule has 0 aliphatic heterocycles. The Balaban J connectivity index is 2.13. The molecular weight excluding hydrogens is 189 g/mol. The van der Waals surface area contributed by atoms with Gasteiger partial charge < -0.3 is 5.32 Å². The predicted octanol–water partition coefficient (Wildman–Crippen LogP) is 3.73. The van der Waals surface area contributed by atoms with E-state index < -0.39 is 0 Å². The van der Waals surface area contributed by atoms with Gasteiger partial charge >= 0.3 is 0 Å². The lowest BCUT2D eigenvalue weighted by atomic mass is 10.1. The molecule has 0 spiro atoms. The first kappa shape index (κ1) is 10.5. The van der Waals surface area contributed by atoms with E-state index in [4.69, 9.17) is 0 Å². The highest BCUT2D eigenvalue weighted by molar-refractivity contribution is 5.51. The fourth-order valence-corrected chi connectivity index (χ4v) is 2.32. The lowest BCUT2D eigenvalue weighted by Gasteiger charge is -2.20. The minimum atomic E-state index is -0.120. The van der Waals surface area contributed by atoms with Crippen molar-refractivity contribution in [3.05, 3.63) is 29.6 Å². The minimum Gasteiger partial charge on any atom is -0.382 e. The van der Waals surface area contributed by atoms with Crippen LogP contribution in [0.4, 0.5) is 10.1 Å². The molecule has 1 aliphatic rings. The molecule has 0 amide bonds. The highest BCUT2D eigenvalue weighted by atomic mass is 19.1. The smallest absolute Gasteiger partial charge is 0.128 e. The second-order valence-electron chi connectivity index (χ2n) is 4.57. The topological polar surface area (TPSA) is 12.0 Å². The summed E-state index contributed by atoms with van der Waals surface area (Å²) in [5.74, 6) is 0.582. The molecule has 0 heterocycles. The van der Waals surface area contributed by atoms with Gasteiger partial charge in [-0.05, 0) is 37.8 Å². The summed E-state index contributed by atoms with van der Waals surface area (Å²) in [6.45, 7) is 4.09. The Labute approximate surface area is 90.7 Å². The zero-order valence-electron chi connectivity index (χ0n) is 9.39. The molecule has 82 valence electrons. The Morgan fingerprint density at radius 1 is 1.33 bits per heavy atom. The predicted molar refractivity (Wildman–Crippen MR) is 61.6 cm³/mol. The first-order valence-electron chi connectivity index (χ1n) is 5.70. The molecule has 1 N–H and O–H groups in total. The van der Waals surface area contributed by atoms with E-state index in [9.17, 15) is 4.39 Å². The summed E-state index contributed by atoms with van der Waals surface area (Å²) < 4.78 is 13.3. The van der Waals surface area contributed by atoms with Gasteiger partial charge in [-0.2, -0.15) is 0 Å². The van der Waals surface area contributed by atoms with E-state index in [1.165, 1.54) is 25.3 Å². The van der Waals surface area contributed by atoms with Gasteiger partial charge in [0, 0.05) is 17.3 Å². The van der Waals surface area contributed by atoms with Crippen molar-refractivity contribution in [1.29, 1.82) is 0 Å². The van der Waals surface area contributed by atoms with Gasteiger partial charge in [-0.3, -0.25) is 0 Å². The second kappa shape index (κ2) is 4.21. The average Bonchev–Trinajstić information content (AvgIpc) is 2.60. The Morgan fingerprint density at radius 3 is 2.80 bits per heavy atom. The first-order valence-corrected chi connectivity index (χ1v) is 5.70. The van der Waals surface area contributed by atoms with Crippen molar-refractivity contribution < 1.29 is 4.39 Å². The average molecular weight is 207 g/mol. The number of hydrogen-bond donors (Lipinski definition) is 1. The molecule has 0 radical (unpaired) electrons. The Kier molecular flexibility index (Phi) is 2.94. The molecule has 1 fully saturated rings. The molecule has 1 aliphatic carbocycles. The van der Waals surface area contributed by atoms with Crippen LogP contribution in [0.1, 0.15) is 31.7 Å². The highest BCUT2D eigenvalue weighted by Crippen LogP contribution is 2.29. The van der Waals surface area contributed by atoms with Crippen molar-refractivity contribution in [3.63, 3.8) is 0 Å². The molecule has 0 bridgehead atoms. The van der Waals surface area contributed by atoms with Crippen molar-refractivity contribution in [2.45, 2.75) is 39.2 Å². The lowest BCUT2D eigenvalue weighted by Crippen LogP contribution is -2.22. The summed E-state index contributed by atoms with van der Waals surface area (Å²) in [5.41, 5.74) is 1.69. The van der Waals surface area contributed by atoms with E-state index in [-0.39, 0.29) is 5.82 Å². The van der Waals surface area contributed by atoms with E-state index in [1.807, 2.05) is 13.0 Å². The third-order valence-corrected chi connectivity index (χ3v) is 3.47. The van der Waals surface area contributed by atoms with Crippen molar-refractivity contribution in [2.24, 2.45) is 5.92 Å². The molecule has 2 rings (SSSR count). The number of nitrogens with one attached hydrogen (secondary N) is 1. The van der Waals surface area contributed by atoms with Crippen LogP contribution in [-0.4, -0.2) is 6.04 Å². The molecule has 0 saturated heterocycles. The molecule has 2 unspecified atom stereocenters. The quantitative estimate of drug-likeness (QED) is 0.779. The lowest BCUT2D eigenvalue weighted by molar-refractivity contribution is 0.554. The van der Waals surface area contributed by atoms with Gasteiger partial charge in [0.15, 0.2) is 0 Å². The summed E-state index contributed by atoms with van der Waals surface area (Å²) in [6.07, 6.45) is 3.77. The second-order valence-corrected chi connectivity index (χ2v) is 4.57. The van der Waals surface area contributed by atoms with Gasteiger partial charge in [-0.25, -0.2) is 4.39 Å². The highest BCUT2D eigenvalue weighted by Gasteiger charge is 2.23. The van der Waals surface area contributed by atoms with Gasteiger partial charge in [0.2, 0.25) is 0 Å². The summed E-state index contributed by atoms with van der Waals surface area (Å²) in [5, 5.41) is 3.46. The molecule has 0 aromatic heterocycles. The summed E-state index contributed by atoms with van der Waals surface area (Å²) >= 11 is 0. The normalized spacial score (nSPS) is 25.5. The van der Waals surface area contributed by atoms with Gasteiger partial charge in [-0.15, -0.1) is 0 Å². The van der Waals surface area contributed by atoms with Crippen molar-refractivity contribution in [2.75, 3.05) is 5.32 Å². The van der Waals surface area contributed by atoms with Crippen LogP contribution in [0.2, 0.25) is 0 Å². The van der Waals surface area contributed by atoms with Gasteiger partial charge in [0.05, 0.1) is 0 Å². The monoisotopic (exact) mass is 207 g/mol. The third-order valence-electron chi connectivity index (χ3n) is 3.47. The summed E-state index contributed by atoms with van der Waals surface area (Å²) in [7, 11) is 0. The van der Waals surface area contributed by atoms with Crippen molar-refractivity contribution in [3.8, 4) is 0 Å². The first-order chi connectivity index (χ1) is 7.18. The third kappa shape index (κ3) is 2.14. The van der Waals surface area contributed by atoms with Crippen LogP contribution in [0.5, 0.6) is 0 Å². The SMILES string of the molecule is Cc1c(F)cccc1NC1CCCC1C. The van der Waals surface area contributed by atoms with Gasteiger partial charge in [-0.1, -0.05) is 19.4 Å². The van der Waals surface area contributed by atoms with Crippen LogP contribution in [-0.2, 0) is 0 Å². The fourth-order valence-electron chi connectivity index (χ4n) is 2.32. The van der Waals surface area contributed by atoms with Crippen LogP contribution in [0.25, 0.3) is 0 Å². The van der Waals surface area contributed by atoms with Gasteiger partial charge in [0.1, 0.15) is 5.82 Å². The minimum absolute atomic E-state index is 0.120. The molecule has 1 nitrogen and oxygen atoms in total. The van der Waals surface area contributed by atoms with Crippen LogP contribution >= 0.6 is 0 Å². The van der Waals surface area contributed by atoms with Crippen molar-refractivity contribution in [1.82, 2.24) is 0 Å². The molecule has 2 atom stereocenters. The number of benzene rings is 1. The van der Waals surface area contributed by atoms with Gasteiger partial charge in [0.25, 0.3) is 0 Å². The Morgan fingerprint density at radius 2 is 2.13 bits per heavy atom. The maximum Gasteiger partial charge on any atom is 0.128 e. The number of anilines is 1. The maximum absolute atomic E-state index is 13.3. The van der Waals surface area contributed by atoms with E-state index in [2.05, 4.69) is 12.2 Å². The van der Waals surface area contributed by atoms with Crippen LogP contribution in [0.3, 0.4) is 0 Å². The van der Waals surface area contributed by atoms with E-state index in [0.717, 1.165) is 11.3 Å². The fraction of sp³-hybridized carbons (Fsp3) is 0.538. The molecule has 1 aromatic rings. The van der Waals surface area contributed by atoms with Crippen LogP contribution in [0.15, 0.2) is 18.2 Å².